The molecule has 1 aromatic carbocycles. The summed E-state index contributed by atoms with van der Waals surface area (Å²) in [4.78, 5) is 6.67. The number of rotatable bonds is 7. The van der Waals surface area contributed by atoms with Crippen molar-refractivity contribution >= 4 is 17.8 Å². The Kier molecular flexibility index (Phi) is 7.91. The number of halogens is 5. The fourth-order valence-corrected chi connectivity index (χ4v) is 5.04. The second-order valence-electron chi connectivity index (χ2n) is 9.16. The summed E-state index contributed by atoms with van der Waals surface area (Å²) in [6, 6.07) is 4.41. The highest BCUT2D eigenvalue weighted by Crippen LogP contribution is 2.33. The fourth-order valence-electron chi connectivity index (χ4n) is 4.80. The van der Waals surface area contributed by atoms with E-state index in [4.69, 9.17) is 25.7 Å². The van der Waals surface area contributed by atoms with Crippen LogP contribution in [0.15, 0.2) is 35.1 Å². The molecule has 0 saturated carbocycles. The number of alkyl halides is 4. The van der Waals surface area contributed by atoms with E-state index >= 15 is 0 Å². The molecule has 1 saturated heterocycles. The summed E-state index contributed by atoms with van der Waals surface area (Å²) in [5.41, 5.74) is 1.47. The first-order valence-electron chi connectivity index (χ1n) is 12.2. The van der Waals surface area contributed by atoms with Crippen molar-refractivity contribution in [2.75, 3.05) is 20.2 Å². The third-order valence-corrected chi connectivity index (χ3v) is 7.23. The molecule has 1 unspecified atom stereocenters. The van der Waals surface area contributed by atoms with Gasteiger partial charge in [-0.2, -0.15) is 5.10 Å². The topological polar surface area (TPSA) is 80.4 Å². The van der Waals surface area contributed by atoms with Gasteiger partial charge in [-0.05, 0) is 36.6 Å². The summed E-state index contributed by atoms with van der Waals surface area (Å²) in [6.45, 7) is 2.34. The number of piperidine rings is 1. The number of aromatic nitrogens is 3. The molecule has 3 aromatic rings. The molecule has 0 bridgehead atoms. The maximum atomic E-state index is 13.2. The van der Waals surface area contributed by atoms with Crippen LogP contribution in [0.3, 0.4) is 0 Å². The van der Waals surface area contributed by atoms with Gasteiger partial charge in [-0.1, -0.05) is 11.6 Å². The van der Waals surface area contributed by atoms with Crippen molar-refractivity contribution in [1.82, 2.24) is 30.3 Å². The van der Waals surface area contributed by atoms with Gasteiger partial charge >= 0.3 is 0 Å². The van der Waals surface area contributed by atoms with Gasteiger partial charge in [0.15, 0.2) is 5.89 Å². The second-order valence-corrected chi connectivity index (χ2v) is 9.57. The summed E-state index contributed by atoms with van der Waals surface area (Å²) in [6.07, 6.45) is -0.0564. The molecule has 2 aliphatic heterocycles. The molecular formula is C25H27ClF4N6O2. The fraction of sp³-hybridized carbons (Fsp3) is 0.440. The van der Waals surface area contributed by atoms with Crippen molar-refractivity contribution in [2.45, 2.75) is 50.9 Å². The lowest BCUT2D eigenvalue weighted by molar-refractivity contribution is 0.143. The Balaban J connectivity index is 1.19. The summed E-state index contributed by atoms with van der Waals surface area (Å²) >= 11 is 6.41. The minimum Gasteiger partial charge on any atom is -0.496 e. The highest BCUT2D eigenvalue weighted by molar-refractivity contribution is 6.31. The van der Waals surface area contributed by atoms with Crippen molar-refractivity contribution < 1.29 is 26.7 Å². The Labute approximate surface area is 221 Å². The third kappa shape index (κ3) is 5.52. The van der Waals surface area contributed by atoms with Crippen LogP contribution in [0.4, 0.5) is 17.6 Å². The predicted octanol–water partition coefficient (Wildman–Crippen LogP) is 5.61. The average molecular weight is 555 g/mol. The van der Waals surface area contributed by atoms with E-state index in [9.17, 15) is 17.6 Å². The van der Waals surface area contributed by atoms with Gasteiger partial charge in [0, 0.05) is 55.1 Å². The standard InChI is InChI=1S/C25H27ClF4N6O2/c1-37-21-3-2-17(26)15-11-31-24(32-12-16(15)21)19-13-38-25(33-19)14-4-6-35(7-5-14)8-9-36-20(23(29)30)10-18(34-36)22(27)28/h2-3,8-10,13-14,22-24,31-32H,4-7,11-12H2,1H3. The molecule has 5 rings (SSSR count). The van der Waals surface area contributed by atoms with Gasteiger partial charge in [-0.15, -0.1) is 0 Å². The van der Waals surface area contributed by atoms with E-state index in [1.54, 1.807) is 19.6 Å². The van der Waals surface area contributed by atoms with Crippen molar-refractivity contribution in [3.05, 3.63) is 69.8 Å². The van der Waals surface area contributed by atoms with Gasteiger partial charge in [0.25, 0.3) is 12.9 Å². The number of benzene rings is 1. The van der Waals surface area contributed by atoms with Crippen molar-refractivity contribution in [3.8, 4) is 5.75 Å². The largest absolute Gasteiger partial charge is 0.496 e. The van der Waals surface area contributed by atoms with Crippen molar-refractivity contribution in [3.63, 3.8) is 0 Å². The smallest absolute Gasteiger partial charge is 0.282 e. The van der Waals surface area contributed by atoms with Gasteiger partial charge in [0.1, 0.15) is 35.3 Å². The lowest BCUT2D eigenvalue weighted by Crippen LogP contribution is -2.31. The third-order valence-electron chi connectivity index (χ3n) is 6.88. The molecule has 1 fully saturated rings. The van der Waals surface area contributed by atoms with Crippen LogP contribution < -0.4 is 15.4 Å². The van der Waals surface area contributed by atoms with Gasteiger partial charge in [-0.25, -0.2) is 27.2 Å². The molecular weight excluding hydrogens is 528 g/mol. The molecule has 2 N–H and O–H groups in total. The Morgan fingerprint density at radius 3 is 2.50 bits per heavy atom. The summed E-state index contributed by atoms with van der Waals surface area (Å²) in [5, 5.41) is 11.1. The summed E-state index contributed by atoms with van der Waals surface area (Å²) in [5.74, 6) is 1.50. The number of nitrogens with one attached hydrogen (secondary N) is 2. The molecule has 0 radical (unpaired) electrons. The van der Waals surface area contributed by atoms with E-state index in [1.165, 1.54) is 6.20 Å². The Morgan fingerprint density at radius 1 is 1.08 bits per heavy atom. The number of likely N-dealkylation sites (tertiary alicyclic amines) is 1. The molecule has 2 aromatic heterocycles. The first-order chi connectivity index (χ1) is 18.3. The van der Waals surface area contributed by atoms with Crippen LogP contribution in [-0.2, 0) is 13.1 Å². The molecule has 1 atom stereocenters. The van der Waals surface area contributed by atoms with Gasteiger partial charge in [0.2, 0.25) is 0 Å². The highest BCUT2D eigenvalue weighted by Gasteiger charge is 2.27. The number of ether oxygens (including phenoxy) is 1. The van der Waals surface area contributed by atoms with Crippen molar-refractivity contribution in [2.24, 2.45) is 0 Å². The maximum Gasteiger partial charge on any atom is 0.282 e. The van der Waals surface area contributed by atoms with E-state index in [-0.39, 0.29) is 12.1 Å². The highest BCUT2D eigenvalue weighted by atomic mass is 35.5. The number of nitrogens with zero attached hydrogens (tertiary/aromatic N) is 4. The molecule has 4 heterocycles. The van der Waals surface area contributed by atoms with Crippen LogP contribution in [0, 0.1) is 0 Å². The minimum absolute atomic E-state index is 0.0951. The number of hydrogen-bond donors (Lipinski definition) is 2. The first-order valence-corrected chi connectivity index (χ1v) is 12.6. The van der Waals surface area contributed by atoms with E-state index in [2.05, 4.69) is 15.7 Å². The summed E-state index contributed by atoms with van der Waals surface area (Å²) < 4.78 is 64.3. The molecule has 0 amide bonds. The molecule has 8 nitrogen and oxygen atoms in total. The lowest BCUT2D eigenvalue weighted by Gasteiger charge is -2.29. The molecule has 0 spiro atoms. The van der Waals surface area contributed by atoms with Gasteiger partial charge < -0.3 is 14.1 Å². The zero-order chi connectivity index (χ0) is 26.8. The van der Waals surface area contributed by atoms with Crippen LogP contribution >= 0.6 is 11.6 Å². The normalized spacial score (nSPS) is 18.9. The van der Waals surface area contributed by atoms with Crippen LogP contribution in [0.5, 0.6) is 5.75 Å². The molecule has 38 heavy (non-hydrogen) atoms. The van der Waals surface area contributed by atoms with Crippen molar-refractivity contribution in [1.29, 1.82) is 0 Å². The molecule has 204 valence electrons. The van der Waals surface area contributed by atoms with E-state index in [0.29, 0.717) is 37.1 Å². The van der Waals surface area contributed by atoms with E-state index in [1.807, 2.05) is 17.0 Å². The number of oxazole rings is 1. The molecule has 2 aliphatic rings. The number of methoxy groups -OCH3 is 1. The second kappa shape index (κ2) is 11.3. The quantitative estimate of drug-likeness (QED) is 0.368. The number of hydrogen-bond acceptors (Lipinski definition) is 7. The molecule has 0 aliphatic carbocycles. The van der Waals surface area contributed by atoms with Gasteiger partial charge in [-0.3, -0.25) is 10.6 Å². The Bertz CT molecular complexity index is 1290. The van der Waals surface area contributed by atoms with Gasteiger partial charge in [0.05, 0.1) is 7.11 Å². The zero-order valence-electron chi connectivity index (χ0n) is 20.5. The van der Waals surface area contributed by atoms with Crippen LogP contribution in [-0.4, -0.2) is 39.9 Å². The molecule has 13 heteroatoms. The minimum atomic E-state index is -2.91. The Morgan fingerprint density at radius 2 is 1.82 bits per heavy atom. The summed E-state index contributed by atoms with van der Waals surface area (Å²) in [7, 11) is 1.63. The maximum absolute atomic E-state index is 13.2. The lowest BCUT2D eigenvalue weighted by atomic mass is 9.97. The van der Waals surface area contributed by atoms with Crippen LogP contribution in [0.25, 0.3) is 6.20 Å². The monoisotopic (exact) mass is 554 g/mol. The first kappa shape index (κ1) is 26.5. The zero-order valence-corrected chi connectivity index (χ0v) is 21.3. The van der Waals surface area contributed by atoms with Crippen LogP contribution in [0.2, 0.25) is 5.02 Å². The number of fused-ring (bicyclic) bond motifs is 1. The predicted molar refractivity (Wildman–Crippen MR) is 132 cm³/mol. The average Bonchev–Trinajstić information content (AvgIpc) is 3.51. The SMILES string of the molecule is COc1ccc(Cl)c2c1CNC(c1coc(C3CCN(C=Cn4nc(C(F)F)cc4C(F)F)CC3)n1)NC2. The van der Waals surface area contributed by atoms with E-state index in [0.717, 1.165) is 46.2 Å². The Hall–Kier alpha value is -3.09. The van der Waals surface area contributed by atoms with E-state index < -0.39 is 24.2 Å². The van der Waals surface area contributed by atoms with Crippen LogP contribution in [0.1, 0.15) is 71.9 Å².